The number of nitrogens with zero attached hydrogens (tertiary/aromatic N) is 4. The van der Waals surface area contributed by atoms with Crippen LogP contribution in [0.3, 0.4) is 0 Å². The molecule has 0 radical (unpaired) electrons. The number of nitrogens with two attached hydrogens (primary N) is 1. The molecule has 1 aromatic carbocycles. The SMILES string of the molecule is CN(c1ccc(C(N)=S)cc1)c1ccc2nccnc2n1. The zero-order valence-corrected chi connectivity index (χ0v) is 12.2. The Kier molecular flexibility index (Phi) is 3.45. The summed E-state index contributed by atoms with van der Waals surface area (Å²) in [5, 5.41) is 0. The fourth-order valence-electron chi connectivity index (χ4n) is 2.01. The number of hydrogen-bond donors (Lipinski definition) is 1. The highest BCUT2D eigenvalue weighted by Gasteiger charge is 2.07. The Labute approximate surface area is 127 Å². The van der Waals surface area contributed by atoms with Gasteiger partial charge in [0.15, 0.2) is 5.65 Å². The van der Waals surface area contributed by atoms with Crippen molar-refractivity contribution in [1.82, 2.24) is 15.0 Å². The highest BCUT2D eigenvalue weighted by atomic mass is 32.1. The molecule has 5 nitrogen and oxygen atoms in total. The van der Waals surface area contributed by atoms with Crippen LogP contribution in [0.15, 0.2) is 48.8 Å². The highest BCUT2D eigenvalue weighted by molar-refractivity contribution is 7.80. The van der Waals surface area contributed by atoms with Gasteiger partial charge in [-0.05, 0) is 36.4 Å². The van der Waals surface area contributed by atoms with E-state index in [1.54, 1.807) is 12.4 Å². The molecule has 0 aliphatic carbocycles. The van der Waals surface area contributed by atoms with Gasteiger partial charge >= 0.3 is 0 Å². The molecule has 2 heterocycles. The predicted molar refractivity (Wildman–Crippen MR) is 87.7 cm³/mol. The van der Waals surface area contributed by atoms with Crippen LogP contribution in [0.1, 0.15) is 5.56 Å². The Morgan fingerprint density at radius 3 is 2.48 bits per heavy atom. The minimum Gasteiger partial charge on any atom is -0.389 e. The lowest BCUT2D eigenvalue weighted by Gasteiger charge is -2.18. The molecule has 0 saturated heterocycles. The molecule has 0 aliphatic heterocycles. The largest absolute Gasteiger partial charge is 0.389 e. The van der Waals surface area contributed by atoms with E-state index in [1.165, 1.54) is 0 Å². The molecule has 6 heteroatoms. The van der Waals surface area contributed by atoms with Gasteiger partial charge in [-0.2, -0.15) is 0 Å². The number of hydrogen-bond acceptors (Lipinski definition) is 5. The van der Waals surface area contributed by atoms with Gasteiger partial charge in [0.05, 0.1) is 0 Å². The number of benzene rings is 1. The third-order valence-corrected chi connectivity index (χ3v) is 3.44. The molecule has 3 aromatic rings. The van der Waals surface area contributed by atoms with E-state index in [4.69, 9.17) is 18.0 Å². The first-order chi connectivity index (χ1) is 10.1. The van der Waals surface area contributed by atoms with Crippen LogP contribution in [0.2, 0.25) is 0 Å². The third kappa shape index (κ3) is 2.66. The van der Waals surface area contributed by atoms with Crippen LogP contribution < -0.4 is 10.6 Å². The van der Waals surface area contributed by atoms with Crippen LogP contribution in [-0.4, -0.2) is 27.0 Å². The number of pyridine rings is 1. The molecule has 21 heavy (non-hydrogen) atoms. The van der Waals surface area contributed by atoms with Crippen molar-refractivity contribution < 1.29 is 0 Å². The lowest BCUT2D eigenvalue weighted by atomic mass is 10.2. The Morgan fingerprint density at radius 1 is 1.05 bits per heavy atom. The lowest BCUT2D eigenvalue weighted by Crippen LogP contribution is -2.13. The average molecular weight is 295 g/mol. The van der Waals surface area contributed by atoms with Gasteiger partial charge in [0.25, 0.3) is 0 Å². The second-order valence-corrected chi connectivity index (χ2v) is 4.98. The van der Waals surface area contributed by atoms with Gasteiger partial charge in [0.2, 0.25) is 0 Å². The molecule has 3 rings (SSSR count). The van der Waals surface area contributed by atoms with Crippen LogP contribution in [0.25, 0.3) is 11.2 Å². The molecular formula is C15H13N5S. The van der Waals surface area contributed by atoms with E-state index in [0.717, 1.165) is 22.6 Å². The fourth-order valence-corrected chi connectivity index (χ4v) is 2.15. The van der Waals surface area contributed by atoms with Crippen LogP contribution in [-0.2, 0) is 0 Å². The van der Waals surface area contributed by atoms with Gasteiger partial charge in [-0.15, -0.1) is 0 Å². The normalized spacial score (nSPS) is 10.5. The topological polar surface area (TPSA) is 67.9 Å². The molecule has 0 aliphatic rings. The number of anilines is 2. The molecule has 0 bridgehead atoms. The van der Waals surface area contributed by atoms with E-state index in [1.807, 2.05) is 48.3 Å². The van der Waals surface area contributed by atoms with Crippen molar-refractivity contribution in [3.05, 3.63) is 54.4 Å². The summed E-state index contributed by atoms with van der Waals surface area (Å²) < 4.78 is 0. The molecule has 2 N–H and O–H groups in total. The van der Waals surface area contributed by atoms with Gasteiger partial charge < -0.3 is 10.6 Å². The predicted octanol–water partition coefficient (Wildman–Crippen LogP) is 2.43. The summed E-state index contributed by atoms with van der Waals surface area (Å²) in [6.45, 7) is 0. The smallest absolute Gasteiger partial charge is 0.180 e. The molecule has 104 valence electrons. The van der Waals surface area contributed by atoms with Crippen LogP contribution >= 0.6 is 12.2 Å². The highest BCUT2D eigenvalue weighted by Crippen LogP contribution is 2.23. The van der Waals surface area contributed by atoms with Crippen molar-refractivity contribution in [2.24, 2.45) is 5.73 Å². The van der Waals surface area contributed by atoms with E-state index in [9.17, 15) is 0 Å². The summed E-state index contributed by atoms with van der Waals surface area (Å²) in [6.07, 6.45) is 3.29. The van der Waals surface area contributed by atoms with E-state index < -0.39 is 0 Å². The molecule has 2 aromatic heterocycles. The van der Waals surface area contributed by atoms with Gasteiger partial charge in [-0.25, -0.2) is 9.97 Å². The maximum atomic E-state index is 5.60. The van der Waals surface area contributed by atoms with Gasteiger partial charge in [-0.1, -0.05) is 12.2 Å². The number of thiocarbonyl (C=S) groups is 1. The lowest BCUT2D eigenvalue weighted by molar-refractivity contribution is 1.12. The van der Waals surface area contributed by atoms with E-state index >= 15 is 0 Å². The Hall–Kier alpha value is -2.60. The van der Waals surface area contributed by atoms with Crippen LogP contribution in [0.5, 0.6) is 0 Å². The zero-order chi connectivity index (χ0) is 14.8. The van der Waals surface area contributed by atoms with E-state index in [-0.39, 0.29) is 0 Å². The summed E-state index contributed by atoms with van der Waals surface area (Å²) in [5.41, 5.74) is 8.84. The van der Waals surface area contributed by atoms with Crippen molar-refractivity contribution in [2.75, 3.05) is 11.9 Å². The van der Waals surface area contributed by atoms with Crippen molar-refractivity contribution in [3.63, 3.8) is 0 Å². The van der Waals surface area contributed by atoms with Crippen molar-refractivity contribution in [2.45, 2.75) is 0 Å². The van der Waals surface area contributed by atoms with Gasteiger partial charge in [-0.3, -0.25) is 4.98 Å². The van der Waals surface area contributed by atoms with Crippen molar-refractivity contribution in [3.8, 4) is 0 Å². The van der Waals surface area contributed by atoms with Gasteiger partial charge in [0.1, 0.15) is 16.3 Å². The summed E-state index contributed by atoms with van der Waals surface area (Å²) >= 11 is 4.95. The number of aromatic nitrogens is 3. The molecule has 0 spiro atoms. The first-order valence-electron chi connectivity index (χ1n) is 6.36. The van der Waals surface area contributed by atoms with Gasteiger partial charge in [0, 0.05) is 30.7 Å². The number of rotatable bonds is 3. The molecule has 0 amide bonds. The first-order valence-corrected chi connectivity index (χ1v) is 6.77. The average Bonchev–Trinajstić information content (AvgIpc) is 2.54. The maximum absolute atomic E-state index is 5.60. The second-order valence-electron chi connectivity index (χ2n) is 4.54. The maximum Gasteiger partial charge on any atom is 0.180 e. The minimum atomic E-state index is 0.392. The first kappa shape index (κ1) is 13.4. The van der Waals surface area contributed by atoms with Crippen LogP contribution in [0.4, 0.5) is 11.5 Å². The quantitative estimate of drug-likeness (QED) is 0.748. The zero-order valence-electron chi connectivity index (χ0n) is 11.4. The summed E-state index contributed by atoms with van der Waals surface area (Å²) in [7, 11) is 1.94. The molecule has 0 fully saturated rings. The minimum absolute atomic E-state index is 0.392. The van der Waals surface area contributed by atoms with Crippen molar-refractivity contribution >= 4 is 39.9 Å². The summed E-state index contributed by atoms with van der Waals surface area (Å²) in [5.74, 6) is 0.797. The van der Waals surface area contributed by atoms with E-state index in [0.29, 0.717) is 10.6 Å². The standard InChI is InChI=1S/C15H13N5S/c1-20(11-4-2-10(3-5-11)14(16)21)13-7-6-12-15(19-13)18-9-8-17-12/h2-9H,1H3,(H2,16,21). The molecular weight excluding hydrogens is 282 g/mol. The van der Waals surface area contributed by atoms with E-state index in [2.05, 4.69) is 15.0 Å². The monoisotopic (exact) mass is 295 g/mol. The molecule has 0 atom stereocenters. The Bertz CT molecular complexity index is 801. The Balaban J connectivity index is 1.95. The van der Waals surface area contributed by atoms with Crippen LogP contribution in [0, 0.1) is 0 Å². The van der Waals surface area contributed by atoms with Crippen molar-refractivity contribution in [1.29, 1.82) is 0 Å². The molecule has 0 saturated carbocycles. The Morgan fingerprint density at radius 2 is 1.76 bits per heavy atom. The second kappa shape index (κ2) is 5.41. The summed E-state index contributed by atoms with van der Waals surface area (Å²) in [6, 6.07) is 11.5. The number of fused-ring (bicyclic) bond motifs is 1. The molecule has 0 unspecified atom stereocenters. The third-order valence-electron chi connectivity index (χ3n) is 3.20. The summed E-state index contributed by atoms with van der Waals surface area (Å²) in [4.78, 5) is 15.3. The fraction of sp³-hybridized carbons (Fsp3) is 0.0667.